The summed E-state index contributed by atoms with van der Waals surface area (Å²) in [6.07, 6.45) is 1.78. The molecule has 0 unspecified atom stereocenters. The van der Waals surface area contributed by atoms with Gasteiger partial charge in [0.05, 0.1) is 18.8 Å². The molecule has 2 N–H and O–H groups in total. The number of fused-ring (bicyclic) bond motifs is 1. The maximum Gasteiger partial charge on any atom is 0.144 e. The fourth-order valence-corrected chi connectivity index (χ4v) is 1.46. The van der Waals surface area contributed by atoms with E-state index in [1.165, 1.54) is 0 Å². The third kappa shape index (κ3) is 1.02. The second-order valence-electron chi connectivity index (χ2n) is 2.89. The van der Waals surface area contributed by atoms with Crippen LogP contribution in [0.5, 0.6) is 5.75 Å². The Kier molecular flexibility index (Phi) is 1.62. The molecule has 0 aliphatic carbocycles. The summed E-state index contributed by atoms with van der Waals surface area (Å²) in [7, 11) is 3.46. The van der Waals surface area contributed by atoms with Crippen LogP contribution in [0.4, 0.5) is 5.69 Å². The Morgan fingerprint density at radius 3 is 2.92 bits per heavy atom. The van der Waals surface area contributed by atoms with Gasteiger partial charge in [-0.15, -0.1) is 0 Å². The van der Waals surface area contributed by atoms with Gasteiger partial charge in [0.1, 0.15) is 11.4 Å². The predicted octanol–water partition coefficient (Wildman–Crippen LogP) is 1.16. The lowest BCUT2D eigenvalue weighted by molar-refractivity contribution is 0.417. The SMILES string of the molecule is COc1ccc2cnn(C)c2c1N. The van der Waals surface area contributed by atoms with Gasteiger partial charge in [-0.05, 0) is 12.1 Å². The maximum absolute atomic E-state index is 5.89. The molecular weight excluding hydrogens is 166 g/mol. The standard InChI is InChI=1S/C9H11N3O/c1-12-9-6(5-11-12)3-4-7(13-2)8(9)10/h3-5H,10H2,1-2H3. The molecule has 2 rings (SSSR count). The smallest absolute Gasteiger partial charge is 0.144 e. The van der Waals surface area contributed by atoms with Gasteiger partial charge >= 0.3 is 0 Å². The summed E-state index contributed by atoms with van der Waals surface area (Å²) in [5.74, 6) is 0.691. The van der Waals surface area contributed by atoms with E-state index < -0.39 is 0 Å². The van der Waals surface area contributed by atoms with E-state index in [0.717, 1.165) is 10.9 Å². The number of methoxy groups -OCH3 is 1. The largest absolute Gasteiger partial charge is 0.495 e. The Balaban J connectivity index is 2.83. The molecule has 13 heavy (non-hydrogen) atoms. The van der Waals surface area contributed by atoms with Gasteiger partial charge in [-0.1, -0.05) is 0 Å². The number of aromatic nitrogens is 2. The average molecular weight is 177 g/mol. The molecule has 0 atom stereocenters. The van der Waals surface area contributed by atoms with Crippen molar-refractivity contribution in [1.29, 1.82) is 0 Å². The molecule has 1 aromatic heterocycles. The first-order chi connectivity index (χ1) is 6.24. The molecule has 2 aromatic rings. The highest BCUT2D eigenvalue weighted by Crippen LogP contribution is 2.29. The zero-order valence-electron chi connectivity index (χ0n) is 7.61. The average Bonchev–Trinajstić information content (AvgIpc) is 2.49. The fourth-order valence-electron chi connectivity index (χ4n) is 1.46. The lowest BCUT2D eigenvalue weighted by Crippen LogP contribution is -1.97. The quantitative estimate of drug-likeness (QED) is 0.665. The van der Waals surface area contributed by atoms with Crippen LogP contribution in [0.3, 0.4) is 0 Å². The summed E-state index contributed by atoms with van der Waals surface area (Å²) in [4.78, 5) is 0. The van der Waals surface area contributed by atoms with Crippen molar-refractivity contribution in [2.45, 2.75) is 0 Å². The van der Waals surface area contributed by atoms with E-state index in [2.05, 4.69) is 5.10 Å². The first-order valence-corrected chi connectivity index (χ1v) is 3.98. The molecule has 0 saturated heterocycles. The minimum atomic E-state index is 0.639. The van der Waals surface area contributed by atoms with E-state index >= 15 is 0 Å². The number of anilines is 1. The Bertz CT molecular complexity index is 447. The minimum Gasteiger partial charge on any atom is -0.495 e. The molecule has 0 bridgehead atoms. The summed E-state index contributed by atoms with van der Waals surface area (Å²) in [5, 5.41) is 5.14. The van der Waals surface area contributed by atoms with Gasteiger partial charge < -0.3 is 10.5 Å². The number of aryl methyl sites for hydroxylation is 1. The summed E-state index contributed by atoms with van der Waals surface area (Å²) in [6, 6.07) is 3.79. The van der Waals surface area contributed by atoms with Gasteiger partial charge in [0.25, 0.3) is 0 Å². The number of hydrogen-bond donors (Lipinski definition) is 1. The van der Waals surface area contributed by atoms with Crippen LogP contribution in [-0.2, 0) is 7.05 Å². The van der Waals surface area contributed by atoms with Crippen molar-refractivity contribution in [2.75, 3.05) is 12.8 Å². The number of benzene rings is 1. The van der Waals surface area contributed by atoms with E-state index in [0.29, 0.717) is 11.4 Å². The summed E-state index contributed by atoms with van der Waals surface area (Å²) in [6.45, 7) is 0. The zero-order chi connectivity index (χ0) is 9.42. The van der Waals surface area contributed by atoms with E-state index in [4.69, 9.17) is 10.5 Å². The zero-order valence-corrected chi connectivity index (χ0v) is 7.61. The molecule has 4 nitrogen and oxygen atoms in total. The third-order valence-electron chi connectivity index (χ3n) is 2.12. The molecule has 0 saturated carbocycles. The highest BCUT2D eigenvalue weighted by atomic mass is 16.5. The Hall–Kier alpha value is -1.71. The topological polar surface area (TPSA) is 53.1 Å². The lowest BCUT2D eigenvalue weighted by atomic mass is 10.2. The van der Waals surface area contributed by atoms with Crippen LogP contribution in [-0.4, -0.2) is 16.9 Å². The monoisotopic (exact) mass is 177 g/mol. The number of nitrogen functional groups attached to an aromatic ring is 1. The molecule has 0 radical (unpaired) electrons. The predicted molar refractivity (Wildman–Crippen MR) is 51.7 cm³/mol. The van der Waals surface area contributed by atoms with E-state index in [-0.39, 0.29) is 0 Å². The van der Waals surface area contributed by atoms with Crippen LogP contribution in [0.25, 0.3) is 10.9 Å². The first kappa shape index (κ1) is 7.91. The van der Waals surface area contributed by atoms with Crippen molar-refractivity contribution in [2.24, 2.45) is 7.05 Å². The first-order valence-electron chi connectivity index (χ1n) is 3.98. The van der Waals surface area contributed by atoms with E-state index in [1.54, 1.807) is 18.0 Å². The van der Waals surface area contributed by atoms with Crippen molar-refractivity contribution >= 4 is 16.6 Å². The Morgan fingerprint density at radius 1 is 1.46 bits per heavy atom. The molecule has 1 aromatic carbocycles. The molecule has 0 spiro atoms. The maximum atomic E-state index is 5.89. The van der Waals surface area contributed by atoms with Crippen LogP contribution in [0, 0.1) is 0 Å². The van der Waals surface area contributed by atoms with Crippen LogP contribution in [0.2, 0.25) is 0 Å². The third-order valence-corrected chi connectivity index (χ3v) is 2.12. The molecule has 0 aliphatic rings. The highest BCUT2D eigenvalue weighted by Gasteiger charge is 2.07. The van der Waals surface area contributed by atoms with Crippen LogP contribution >= 0.6 is 0 Å². The minimum absolute atomic E-state index is 0.639. The van der Waals surface area contributed by atoms with Crippen molar-refractivity contribution in [1.82, 2.24) is 9.78 Å². The van der Waals surface area contributed by atoms with Gasteiger partial charge in [0.15, 0.2) is 0 Å². The van der Waals surface area contributed by atoms with Crippen molar-refractivity contribution in [3.8, 4) is 5.75 Å². The molecular formula is C9H11N3O. The van der Waals surface area contributed by atoms with Crippen molar-refractivity contribution in [3.63, 3.8) is 0 Å². The molecule has 1 heterocycles. The summed E-state index contributed by atoms with van der Waals surface area (Å²) < 4.78 is 6.85. The number of ether oxygens (including phenoxy) is 1. The Labute approximate surface area is 75.9 Å². The molecule has 0 amide bonds. The van der Waals surface area contributed by atoms with E-state index in [9.17, 15) is 0 Å². The van der Waals surface area contributed by atoms with Gasteiger partial charge in [-0.2, -0.15) is 5.10 Å². The second kappa shape index (κ2) is 2.65. The van der Waals surface area contributed by atoms with Gasteiger partial charge in [-0.25, -0.2) is 0 Å². The molecule has 4 heteroatoms. The number of rotatable bonds is 1. The Morgan fingerprint density at radius 2 is 2.23 bits per heavy atom. The van der Waals surface area contributed by atoms with Crippen LogP contribution in [0.1, 0.15) is 0 Å². The van der Waals surface area contributed by atoms with Gasteiger partial charge in [0, 0.05) is 12.4 Å². The number of nitrogens with zero attached hydrogens (tertiary/aromatic N) is 2. The highest BCUT2D eigenvalue weighted by molar-refractivity contribution is 5.92. The lowest BCUT2D eigenvalue weighted by Gasteiger charge is -2.05. The van der Waals surface area contributed by atoms with Gasteiger partial charge in [-0.3, -0.25) is 4.68 Å². The van der Waals surface area contributed by atoms with Crippen molar-refractivity contribution < 1.29 is 4.74 Å². The normalized spacial score (nSPS) is 10.6. The van der Waals surface area contributed by atoms with Crippen LogP contribution in [0.15, 0.2) is 18.3 Å². The van der Waals surface area contributed by atoms with Gasteiger partial charge in [0.2, 0.25) is 0 Å². The second-order valence-corrected chi connectivity index (χ2v) is 2.89. The summed E-state index contributed by atoms with van der Waals surface area (Å²) >= 11 is 0. The van der Waals surface area contributed by atoms with Crippen molar-refractivity contribution in [3.05, 3.63) is 18.3 Å². The molecule has 68 valence electrons. The molecule has 0 fully saturated rings. The number of hydrogen-bond acceptors (Lipinski definition) is 3. The van der Waals surface area contributed by atoms with E-state index in [1.807, 2.05) is 19.2 Å². The summed E-state index contributed by atoms with van der Waals surface area (Å²) in [5.41, 5.74) is 7.44. The molecule has 0 aliphatic heterocycles. The fraction of sp³-hybridized carbons (Fsp3) is 0.222. The van der Waals surface area contributed by atoms with Crippen LogP contribution < -0.4 is 10.5 Å². The number of nitrogens with two attached hydrogens (primary N) is 1.